The summed E-state index contributed by atoms with van der Waals surface area (Å²) < 4.78 is 0. The molecular formula is C24H23N3OS2. The maximum absolute atomic E-state index is 12.6. The Labute approximate surface area is 184 Å². The van der Waals surface area contributed by atoms with Crippen molar-refractivity contribution in [2.24, 2.45) is 0 Å². The first-order valence-corrected chi connectivity index (χ1v) is 11.6. The summed E-state index contributed by atoms with van der Waals surface area (Å²) in [5, 5.41) is 7.01. The third kappa shape index (κ3) is 4.11. The predicted molar refractivity (Wildman–Crippen MR) is 128 cm³/mol. The standard InChI is InChI=1S/C24H23N3OS2/c1-14-8-9-18(10-16(14)3)19-11-29-23-22(19)24(26-13-25-23)30-12-21(28)27-20-7-5-6-15(2)17(20)4/h5-11,13H,12H2,1-4H3,(H,27,28). The van der Waals surface area contributed by atoms with E-state index in [1.165, 1.54) is 22.9 Å². The fourth-order valence-corrected chi connectivity index (χ4v) is 5.08. The molecule has 0 unspecified atom stereocenters. The minimum Gasteiger partial charge on any atom is -0.325 e. The number of thiophene rings is 1. The minimum absolute atomic E-state index is 0.0385. The number of hydrogen-bond donors (Lipinski definition) is 1. The number of aromatic nitrogens is 2. The van der Waals surface area contributed by atoms with E-state index in [2.05, 4.69) is 52.7 Å². The number of nitrogens with zero attached hydrogens (tertiary/aromatic N) is 2. The van der Waals surface area contributed by atoms with E-state index in [0.717, 1.165) is 43.2 Å². The van der Waals surface area contributed by atoms with Gasteiger partial charge in [0.25, 0.3) is 0 Å². The van der Waals surface area contributed by atoms with E-state index in [0.29, 0.717) is 5.75 Å². The van der Waals surface area contributed by atoms with Crippen LogP contribution in [0, 0.1) is 27.7 Å². The molecule has 152 valence electrons. The molecule has 4 nitrogen and oxygen atoms in total. The summed E-state index contributed by atoms with van der Waals surface area (Å²) >= 11 is 3.06. The lowest BCUT2D eigenvalue weighted by Crippen LogP contribution is -2.15. The summed E-state index contributed by atoms with van der Waals surface area (Å²) in [5.41, 5.74) is 7.92. The lowest BCUT2D eigenvalue weighted by atomic mass is 10.0. The molecule has 0 saturated carbocycles. The van der Waals surface area contributed by atoms with Crippen molar-refractivity contribution in [3.8, 4) is 11.1 Å². The summed E-state index contributed by atoms with van der Waals surface area (Å²) in [7, 11) is 0. The van der Waals surface area contributed by atoms with Crippen LogP contribution < -0.4 is 5.32 Å². The molecule has 0 atom stereocenters. The largest absolute Gasteiger partial charge is 0.325 e. The van der Waals surface area contributed by atoms with Crippen molar-refractivity contribution in [1.29, 1.82) is 0 Å². The van der Waals surface area contributed by atoms with Crippen molar-refractivity contribution in [3.63, 3.8) is 0 Å². The van der Waals surface area contributed by atoms with Crippen LogP contribution in [0.4, 0.5) is 5.69 Å². The summed E-state index contributed by atoms with van der Waals surface area (Å²) in [5.74, 6) is 0.255. The number of anilines is 1. The van der Waals surface area contributed by atoms with Gasteiger partial charge < -0.3 is 5.32 Å². The van der Waals surface area contributed by atoms with E-state index in [1.54, 1.807) is 17.7 Å². The van der Waals surface area contributed by atoms with Crippen LogP contribution in [-0.4, -0.2) is 21.6 Å². The van der Waals surface area contributed by atoms with E-state index in [4.69, 9.17) is 0 Å². The van der Waals surface area contributed by atoms with Crippen LogP contribution >= 0.6 is 23.1 Å². The van der Waals surface area contributed by atoms with Crippen LogP contribution in [0.5, 0.6) is 0 Å². The van der Waals surface area contributed by atoms with Gasteiger partial charge in [0.1, 0.15) is 16.2 Å². The Morgan fingerprint density at radius 3 is 2.67 bits per heavy atom. The average molecular weight is 434 g/mol. The van der Waals surface area contributed by atoms with Gasteiger partial charge in [-0.15, -0.1) is 11.3 Å². The monoisotopic (exact) mass is 433 g/mol. The summed E-state index contributed by atoms with van der Waals surface area (Å²) in [4.78, 5) is 22.5. The van der Waals surface area contributed by atoms with Crippen LogP contribution in [0.25, 0.3) is 21.3 Å². The second-order valence-electron chi connectivity index (χ2n) is 7.39. The molecule has 1 N–H and O–H groups in total. The van der Waals surface area contributed by atoms with E-state index in [1.807, 2.05) is 32.0 Å². The predicted octanol–water partition coefficient (Wildman–Crippen LogP) is 6.32. The number of benzene rings is 2. The van der Waals surface area contributed by atoms with E-state index in [-0.39, 0.29) is 5.91 Å². The third-order valence-corrected chi connectivity index (χ3v) is 7.25. The normalized spacial score (nSPS) is 11.1. The Bertz CT molecular complexity index is 1250. The first kappa shape index (κ1) is 20.6. The second-order valence-corrected chi connectivity index (χ2v) is 9.21. The molecule has 2 aromatic heterocycles. The van der Waals surface area contributed by atoms with Crippen molar-refractivity contribution in [1.82, 2.24) is 9.97 Å². The minimum atomic E-state index is -0.0385. The lowest BCUT2D eigenvalue weighted by Gasteiger charge is -2.10. The zero-order valence-electron chi connectivity index (χ0n) is 17.4. The molecule has 0 fully saturated rings. The Hall–Kier alpha value is -2.70. The van der Waals surface area contributed by atoms with Gasteiger partial charge >= 0.3 is 0 Å². The number of nitrogens with one attached hydrogen (secondary N) is 1. The molecule has 4 aromatic rings. The fourth-order valence-electron chi connectivity index (χ4n) is 3.29. The maximum atomic E-state index is 12.6. The fraction of sp³-hybridized carbons (Fsp3) is 0.208. The Kier molecular flexibility index (Phi) is 5.88. The van der Waals surface area contributed by atoms with Crippen molar-refractivity contribution in [3.05, 3.63) is 70.4 Å². The summed E-state index contributed by atoms with van der Waals surface area (Å²) in [6, 6.07) is 12.4. The highest BCUT2D eigenvalue weighted by atomic mass is 32.2. The van der Waals surface area contributed by atoms with Gasteiger partial charge in [-0.3, -0.25) is 4.79 Å². The summed E-state index contributed by atoms with van der Waals surface area (Å²) in [6.07, 6.45) is 1.58. The SMILES string of the molecule is Cc1ccc(-c2csc3ncnc(SCC(=O)Nc4cccc(C)c4C)c23)cc1C. The second kappa shape index (κ2) is 8.58. The maximum Gasteiger partial charge on any atom is 0.234 e. The van der Waals surface area contributed by atoms with Crippen LogP contribution in [0.1, 0.15) is 22.3 Å². The molecule has 1 amide bonds. The first-order valence-electron chi connectivity index (χ1n) is 9.72. The zero-order chi connectivity index (χ0) is 21.3. The molecule has 4 rings (SSSR count). The number of carbonyl (C=O) groups is 1. The van der Waals surface area contributed by atoms with Gasteiger partial charge in [0, 0.05) is 16.6 Å². The number of hydrogen-bond acceptors (Lipinski definition) is 5. The van der Waals surface area contributed by atoms with E-state index >= 15 is 0 Å². The highest BCUT2D eigenvalue weighted by molar-refractivity contribution is 8.00. The van der Waals surface area contributed by atoms with Gasteiger partial charge in [0.05, 0.1) is 11.1 Å². The molecule has 0 saturated heterocycles. The van der Waals surface area contributed by atoms with Gasteiger partial charge in [-0.1, -0.05) is 42.1 Å². The van der Waals surface area contributed by atoms with Gasteiger partial charge in [0.2, 0.25) is 5.91 Å². The highest BCUT2D eigenvalue weighted by Gasteiger charge is 2.15. The lowest BCUT2D eigenvalue weighted by molar-refractivity contribution is -0.113. The molecule has 0 bridgehead atoms. The zero-order valence-corrected chi connectivity index (χ0v) is 19.1. The van der Waals surface area contributed by atoms with E-state index < -0.39 is 0 Å². The number of rotatable bonds is 5. The Morgan fingerprint density at radius 2 is 1.87 bits per heavy atom. The van der Waals surface area contributed by atoms with Gasteiger partial charge in [0.15, 0.2) is 0 Å². The molecular weight excluding hydrogens is 410 g/mol. The molecule has 0 aliphatic carbocycles. The van der Waals surface area contributed by atoms with Crippen LogP contribution in [0.15, 0.2) is 53.1 Å². The number of fused-ring (bicyclic) bond motifs is 1. The first-order chi connectivity index (χ1) is 14.4. The smallest absolute Gasteiger partial charge is 0.234 e. The van der Waals surface area contributed by atoms with Crippen molar-refractivity contribution >= 4 is 44.9 Å². The van der Waals surface area contributed by atoms with Gasteiger partial charge in [-0.05, 0) is 61.6 Å². The van der Waals surface area contributed by atoms with Crippen LogP contribution in [-0.2, 0) is 4.79 Å². The number of carbonyl (C=O) groups excluding carboxylic acids is 1. The number of aryl methyl sites for hydroxylation is 3. The van der Waals surface area contributed by atoms with Crippen LogP contribution in [0.2, 0.25) is 0 Å². The Morgan fingerprint density at radius 1 is 1.03 bits per heavy atom. The Balaban J connectivity index is 1.58. The topological polar surface area (TPSA) is 54.9 Å². The van der Waals surface area contributed by atoms with E-state index in [9.17, 15) is 4.79 Å². The molecule has 0 aliphatic heterocycles. The average Bonchev–Trinajstić information content (AvgIpc) is 3.17. The third-order valence-electron chi connectivity index (χ3n) is 5.37. The molecule has 30 heavy (non-hydrogen) atoms. The summed E-state index contributed by atoms with van der Waals surface area (Å²) in [6.45, 7) is 8.30. The van der Waals surface area contributed by atoms with Crippen molar-refractivity contribution in [2.75, 3.05) is 11.1 Å². The molecule has 6 heteroatoms. The quantitative estimate of drug-likeness (QED) is 0.295. The molecule has 0 aliphatic rings. The molecule has 0 spiro atoms. The number of thioether (sulfide) groups is 1. The van der Waals surface area contributed by atoms with Crippen molar-refractivity contribution < 1.29 is 4.79 Å². The molecule has 0 radical (unpaired) electrons. The number of amides is 1. The molecule has 2 aromatic carbocycles. The van der Waals surface area contributed by atoms with Crippen LogP contribution in [0.3, 0.4) is 0 Å². The molecule has 2 heterocycles. The van der Waals surface area contributed by atoms with Gasteiger partial charge in [-0.25, -0.2) is 9.97 Å². The highest BCUT2D eigenvalue weighted by Crippen LogP contribution is 2.38. The van der Waals surface area contributed by atoms with Gasteiger partial charge in [-0.2, -0.15) is 0 Å². The van der Waals surface area contributed by atoms with Crippen molar-refractivity contribution in [2.45, 2.75) is 32.7 Å².